The van der Waals surface area contributed by atoms with Crippen molar-refractivity contribution in [2.45, 2.75) is 38.4 Å². The molecule has 1 unspecified atom stereocenters. The molecule has 2 saturated heterocycles. The van der Waals surface area contributed by atoms with Gasteiger partial charge in [-0.05, 0) is 30.0 Å². The van der Waals surface area contributed by atoms with Crippen LogP contribution in [-0.4, -0.2) is 60.0 Å². The van der Waals surface area contributed by atoms with Gasteiger partial charge in [0.25, 0.3) is 5.91 Å². The topological polar surface area (TPSA) is 111 Å². The zero-order valence-electron chi connectivity index (χ0n) is 15.8. The van der Waals surface area contributed by atoms with Crippen LogP contribution >= 0.6 is 0 Å². The molecule has 150 valence electrons. The van der Waals surface area contributed by atoms with Crippen LogP contribution in [0.4, 0.5) is 0 Å². The number of aliphatic hydroxyl groups is 1. The maximum Gasteiger partial charge on any atom is 0.255 e. The molecule has 3 heterocycles. The molecule has 28 heavy (non-hydrogen) atoms. The van der Waals surface area contributed by atoms with E-state index in [-0.39, 0.29) is 36.2 Å². The zero-order chi connectivity index (χ0) is 19.7. The highest BCUT2D eigenvalue weighted by Crippen LogP contribution is 2.30. The van der Waals surface area contributed by atoms with E-state index in [1.165, 1.54) is 0 Å². The fourth-order valence-corrected chi connectivity index (χ4v) is 4.38. The maximum absolute atomic E-state index is 12.9. The summed E-state index contributed by atoms with van der Waals surface area (Å²) in [5.74, 6) is -0.815. The summed E-state index contributed by atoms with van der Waals surface area (Å²) in [6.45, 7) is 3.80. The van der Waals surface area contributed by atoms with Crippen molar-refractivity contribution in [3.8, 4) is 0 Å². The van der Waals surface area contributed by atoms with Crippen molar-refractivity contribution >= 4 is 17.7 Å². The van der Waals surface area contributed by atoms with Gasteiger partial charge in [0.2, 0.25) is 11.8 Å². The van der Waals surface area contributed by atoms with Crippen LogP contribution in [0.2, 0.25) is 0 Å². The van der Waals surface area contributed by atoms with Crippen LogP contribution in [0.25, 0.3) is 0 Å². The number of piperidine rings is 1. The molecule has 3 aliphatic rings. The lowest BCUT2D eigenvalue weighted by molar-refractivity contribution is -0.136. The third kappa shape index (κ3) is 3.43. The predicted octanol–water partition coefficient (Wildman–Crippen LogP) is -0.491. The highest BCUT2D eigenvalue weighted by molar-refractivity contribution is 6.05. The van der Waals surface area contributed by atoms with Crippen molar-refractivity contribution < 1.29 is 19.5 Å². The smallest absolute Gasteiger partial charge is 0.255 e. The standard InChI is InChI=1S/C20H26N4O4/c25-7-6-20(11-22-12-20)10-21-8-13-2-1-3-14-15(13)9-24(19(14)28)16-4-5-17(26)23-18(16)27/h1-3,16,21-22,25H,4-12H2,(H,23,26,27). The zero-order valence-corrected chi connectivity index (χ0v) is 15.8. The summed E-state index contributed by atoms with van der Waals surface area (Å²) in [6, 6.07) is 5.09. The van der Waals surface area contributed by atoms with Crippen molar-refractivity contribution in [1.82, 2.24) is 20.9 Å². The summed E-state index contributed by atoms with van der Waals surface area (Å²) in [5.41, 5.74) is 2.74. The van der Waals surface area contributed by atoms with Crippen molar-refractivity contribution in [2.75, 3.05) is 26.2 Å². The molecule has 0 saturated carbocycles. The summed E-state index contributed by atoms with van der Waals surface area (Å²) in [4.78, 5) is 38.0. The van der Waals surface area contributed by atoms with Crippen LogP contribution in [-0.2, 0) is 22.7 Å². The van der Waals surface area contributed by atoms with Crippen LogP contribution < -0.4 is 16.0 Å². The molecule has 4 N–H and O–H groups in total. The first-order valence-electron chi connectivity index (χ1n) is 9.81. The highest BCUT2D eigenvalue weighted by Gasteiger charge is 2.40. The van der Waals surface area contributed by atoms with Crippen molar-refractivity contribution in [2.24, 2.45) is 5.41 Å². The molecule has 2 fully saturated rings. The fourth-order valence-electron chi connectivity index (χ4n) is 4.38. The third-order valence-corrected chi connectivity index (χ3v) is 6.14. The Balaban J connectivity index is 1.44. The van der Waals surface area contributed by atoms with Gasteiger partial charge in [0.15, 0.2) is 0 Å². The first-order valence-corrected chi connectivity index (χ1v) is 9.81. The number of amides is 3. The molecule has 8 heteroatoms. The van der Waals surface area contributed by atoms with Gasteiger partial charge in [-0.1, -0.05) is 12.1 Å². The Labute approximate surface area is 163 Å². The SMILES string of the molecule is O=C1CCC(N2Cc3c(CNCC4(CCO)CNC4)cccc3C2=O)C(=O)N1. The van der Waals surface area contributed by atoms with E-state index in [0.717, 1.165) is 37.2 Å². The summed E-state index contributed by atoms with van der Waals surface area (Å²) in [5, 5.41) is 18.4. The maximum atomic E-state index is 12.9. The summed E-state index contributed by atoms with van der Waals surface area (Å²) >= 11 is 0. The van der Waals surface area contributed by atoms with Gasteiger partial charge in [0.1, 0.15) is 6.04 Å². The van der Waals surface area contributed by atoms with Crippen molar-refractivity contribution in [3.05, 3.63) is 34.9 Å². The lowest BCUT2D eigenvalue weighted by Crippen LogP contribution is -2.58. The van der Waals surface area contributed by atoms with Gasteiger partial charge in [-0.2, -0.15) is 0 Å². The van der Waals surface area contributed by atoms with Gasteiger partial charge in [0, 0.05) is 56.7 Å². The van der Waals surface area contributed by atoms with Gasteiger partial charge in [-0.15, -0.1) is 0 Å². The largest absolute Gasteiger partial charge is 0.396 e. The first-order chi connectivity index (χ1) is 13.5. The highest BCUT2D eigenvalue weighted by atomic mass is 16.3. The molecule has 4 rings (SSSR count). The average Bonchev–Trinajstić information content (AvgIpc) is 2.97. The van der Waals surface area contributed by atoms with Crippen LogP contribution in [0.3, 0.4) is 0 Å². The predicted molar refractivity (Wildman–Crippen MR) is 101 cm³/mol. The van der Waals surface area contributed by atoms with E-state index in [0.29, 0.717) is 25.1 Å². The normalized spacial score (nSPS) is 23.4. The summed E-state index contributed by atoms with van der Waals surface area (Å²) in [6.07, 6.45) is 1.39. The third-order valence-electron chi connectivity index (χ3n) is 6.14. The number of aliphatic hydroxyl groups excluding tert-OH is 1. The second-order valence-electron chi connectivity index (χ2n) is 8.02. The molecule has 1 aromatic carbocycles. The van der Waals surface area contributed by atoms with Gasteiger partial charge in [0.05, 0.1) is 0 Å². The summed E-state index contributed by atoms with van der Waals surface area (Å²) in [7, 11) is 0. The molecule has 0 aromatic heterocycles. The number of carbonyl (C=O) groups excluding carboxylic acids is 3. The molecule has 1 atom stereocenters. The lowest BCUT2D eigenvalue weighted by atomic mass is 9.78. The molecule has 3 amide bonds. The van der Waals surface area contributed by atoms with E-state index in [4.69, 9.17) is 0 Å². The molecular formula is C20H26N4O4. The van der Waals surface area contributed by atoms with E-state index in [1.807, 2.05) is 12.1 Å². The number of nitrogens with one attached hydrogen (secondary N) is 3. The number of carbonyl (C=O) groups is 3. The minimum absolute atomic E-state index is 0.0985. The van der Waals surface area contributed by atoms with E-state index in [1.54, 1.807) is 11.0 Å². The Bertz CT molecular complexity index is 805. The molecular weight excluding hydrogens is 360 g/mol. The fraction of sp³-hybridized carbons (Fsp3) is 0.550. The molecule has 3 aliphatic heterocycles. The lowest BCUT2D eigenvalue weighted by Gasteiger charge is -2.42. The first kappa shape index (κ1) is 19.0. The van der Waals surface area contributed by atoms with Gasteiger partial charge in [-0.25, -0.2) is 0 Å². The average molecular weight is 386 g/mol. The Hall–Kier alpha value is -2.29. The second kappa shape index (κ2) is 7.62. The minimum atomic E-state index is -0.590. The number of benzene rings is 1. The Morgan fingerprint density at radius 2 is 2.07 bits per heavy atom. The van der Waals surface area contributed by atoms with Crippen LogP contribution in [0.5, 0.6) is 0 Å². The summed E-state index contributed by atoms with van der Waals surface area (Å²) < 4.78 is 0. The Morgan fingerprint density at radius 3 is 2.75 bits per heavy atom. The van der Waals surface area contributed by atoms with E-state index >= 15 is 0 Å². The number of fused-ring (bicyclic) bond motifs is 1. The van der Waals surface area contributed by atoms with Crippen molar-refractivity contribution in [1.29, 1.82) is 0 Å². The number of rotatable bonds is 7. The molecule has 1 aromatic rings. The molecule has 8 nitrogen and oxygen atoms in total. The molecule has 0 spiro atoms. The number of nitrogens with zero attached hydrogens (tertiary/aromatic N) is 1. The Kier molecular flexibility index (Phi) is 5.18. The van der Waals surface area contributed by atoms with Crippen LogP contribution in [0.15, 0.2) is 18.2 Å². The van der Waals surface area contributed by atoms with Crippen molar-refractivity contribution in [3.63, 3.8) is 0 Å². The molecule has 0 aliphatic carbocycles. The molecule has 0 bridgehead atoms. The van der Waals surface area contributed by atoms with E-state index in [2.05, 4.69) is 16.0 Å². The quantitative estimate of drug-likeness (QED) is 0.471. The van der Waals surface area contributed by atoms with E-state index in [9.17, 15) is 19.5 Å². The number of hydrogen-bond donors (Lipinski definition) is 4. The number of imide groups is 1. The monoisotopic (exact) mass is 386 g/mol. The van der Waals surface area contributed by atoms with E-state index < -0.39 is 6.04 Å². The number of hydrogen-bond acceptors (Lipinski definition) is 6. The van der Waals surface area contributed by atoms with Gasteiger partial charge in [-0.3, -0.25) is 19.7 Å². The minimum Gasteiger partial charge on any atom is -0.396 e. The van der Waals surface area contributed by atoms with Gasteiger partial charge >= 0.3 is 0 Å². The molecule has 0 radical (unpaired) electrons. The van der Waals surface area contributed by atoms with Gasteiger partial charge < -0.3 is 20.6 Å². The second-order valence-corrected chi connectivity index (χ2v) is 8.02. The van der Waals surface area contributed by atoms with Crippen LogP contribution in [0, 0.1) is 5.41 Å². The van der Waals surface area contributed by atoms with Crippen LogP contribution in [0.1, 0.15) is 40.7 Å². The Morgan fingerprint density at radius 1 is 1.25 bits per heavy atom.